The van der Waals surface area contributed by atoms with Crippen molar-refractivity contribution in [3.63, 3.8) is 0 Å². The van der Waals surface area contributed by atoms with Crippen LogP contribution in [-0.4, -0.2) is 34.8 Å². The van der Waals surface area contributed by atoms with Crippen molar-refractivity contribution < 1.29 is 22.8 Å². The number of nitrogens with two attached hydrogens (primary N) is 1. The van der Waals surface area contributed by atoms with Gasteiger partial charge in [-0.2, -0.15) is 13.2 Å². The van der Waals surface area contributed by atoms with Crippen molar-refractivity contribution in [2.24, 2.45) is 11.7 Å². The number of carbonyl (C=O) groups excluding carboxylic acids is 2. The van der Waals surface area contributed by atoms with Gasteiger partial charge in [-0.1, -0.05) is 0 Å². The molecule has 0 aromatic carbocycles. The van der Waals surface area contributed by atoms with E-state index in [4.69, 9.17) is 5.73 Å². The highest BCUT2D eigenvalue weighted by atomic mass is 19.4. The van der Waals surface area contributed by atoms with Crippen LogP contribution in [0.25, 0.3) is 0 Å². The predicted octanol–water partition coefficient (Wildman–Crippen LogP) is 1.75. The van der Waals surface area contributed by atoms with E-state index in [-0.39, 0.29) is 17.8 Å². The van der Waals surface area contributed by atoms with Gasteiger partial charge in [0.1, 0.15) is 5.69 Å². The highest BCUT2D eigenvalue weighted by Crippen LogP contribution is 2.28. The molecule has 120 valence electrons. The molecule has 0 aliphatic carbocycles. The molecule has 2 N–H and O–H groups in total. The van der Waals surface area contributed by atoms with Gasteiger partial charge in [-0.25, -0.2) is 4.98 Å². The first-order chi connectivity index (χ1) is 10.2. The fourth-order valence-corrected chi connectivity index (χ4v) is 2.51. The lowest BCUT2D eigenvalue weighted by Crippen LogP contribution is -2.44. The second-order valence-electron chi connectivity index (χ2n) is 5.32. The van der Waals surface area contributed by atoms with E-state index >= 15 is 0 Å². The minimum Gasteiger partial charge on any atom is -0.369 e. The monoisotopic (exact) mass is 315 g/mol. The lowest BCUT2D eigenvalue weighted by atomic mass is 9.96. The van der Waals surface area contributed by atoms with E-state index < -0.39 is 29.6 Å². The van der Waals surface area contributed by atoms with Crippen molar-refractivity contribution in [3.8, 4) is 0 Å². The zero-order chi connectivity index (χ0) is 16.5. The van der Waals surface area contributed by atoms with Crippen LogP contribution >= 0.6 is 0 Å². The van der Waals surface area contributed by atoms with E-state index in [2.05, 4.69) is 4.98 Å². The van der Waals surface area contributed by atoms with E-state index in [0.29, 0.717) is 19.4 Å². The fraction of sp³-hybridized carbons (Fsp3) is 0.500. The number of hydrogen-bond donors (Lipinski definition) is 1. The maximum absolute atomic E-state index is 12.6. The molecule has 0 spiro atoms. The summed E-state index contributed by atoms with van der Waals surface area (Å²) in [6, 6.07) is 1.91. The van der Waals surface area contributed by atoms with Crippen molar-refractivity contribution in [3.05, 3.63) is 29.1 Å². The maximum atomic E-state index is 12.6. The zero-order valence-corrected chi connectivity index (χ0v) is 12.0. The Balaban J connectivity index is 2.21. The smallest absolute Gasteiger partial charge is 0.369 e. The van der Waals surface area contributed by atoms with Gasteiger partial charge in [0.05, 0.1) is 17.2 Å². The molecule has 5 nitrogen and oxygen atoms in total. The molecule has 1 atom stereocenters. The Labute approximate surface area is 125 Å². The van der Waals surface area contributed by atoms with E-state index in [9.17, 15) is 22.8 Å². The lowest BCUT2D eigenvalue weighted by molar-refractivity contribution is -0.141. The van der Waals surface area contributed by atoms with Gasteiger partial charge in [0.2, 0.25) is 5.91 Å². The Hall–Kier alpha value is -2.12. The van der Waals surface area contributed by atoms with E-state index in [1.54, 1.807) is 0 Å². The number of alkyl halides is 3. The summed E-state index contributed by atoms with van der Waals surface area (Å²) in [4.78, 5) is 28.5. The summed E-state index contributed by atoms with van der Waals surface area (Å²) >= 11 is 0. The molecule has 2 heterocycles. The molecule has 1 fully saturated rings. The van der Waals surface area contributed by atoms with Crippen molar-refractivity contribution in [2.75, 3.05) is 13.1 Å². The third kappa shape index (κ3) is 3.37. The van der Waals surface area contributed by atoms with Crippen LogP contribution < -0.4 is 5.73 Å². The second-order valence-corrected chi connectivity index (χ2v) is 5.32. The molecular formula is C14H16F3N3O2. The normalized spacial score (nSPS) is 19.1. The van der Waals surface area contributed by atoms with Crippen molar-refractivity contribution >= 4 is 11.8 Å². The summed E-state index contributed by atoms with van der Waals surface area (Å²) in [5, 5.41) is 0. The SMILES string of the molecule is Cc1nc(C(F)(F)F)ccc1C(=O)N1CCCC(C(N)=O)C1. The zero-order valence-electron chi connectivity index (χ0n) is 12.0. The fourth-order valence-electron chi connectivity index (χ4n) is 2.51. The average molecular weight is 315 g/mol. The minimum atomic E-state index is -4.55. The third-order valence-corrected chi connectivity index (χ3v) is 3.72. The highest BCUT2D eigenvalue weighted by molar-refractivity contribution is 5.95. The number of amides is 2. The number of aryl methyl sites for hydroxylation is 1. The molecule has 1 saturated heterocycles. The summed E-state index contributed by atoms with van der Waals surface area (Å²) in [5.74, 6) is -1.31. The van der Waals surface area contributed by atoms with E-state index in [1.165, 1.54) is 11.8 Å². The summed E-state index contributed by atoms with van der Waals surface area (Å²) < 4.78 is 37.8. The van der Waals surface area contributed by atoms with Crippen LogP contribution in [0.15, 0.2) is 12.1 Å². The number of pyridine rings is 1. The molecule has 0 bridgehead atoms. The van der Waals surface area contributed by atoms with Gasteiger partial charge in [0.25, 0.3) is 5.91 Å². The molecule has 0 saturated carbocycles. The topological polar surface area (TPSA) is 76.3 Å². The molecule has 2 rings (SSSR count). The third-order valence-electron chi connectivity index (χ3n) is 3.72. The molecule has 0 radical (unpaired) electrons. The Morgan fingerprint density at radius 1 is 1.36 bits per heavy atom. The van der Waals surface area contributed by atoms with Gasteiger partial charge in [-0.05, 0) is 31.9 Å². The van der Waals surface area contributed by atoms with Crippen LogP contribution in [0, 0.1) is 12.8 Å². The number of hydrogen-bond acceptors (Lipinski definition) is 3. The van der Waals surface area contributed by atoms with Gasteiger partial charge in [0, 0.05) is 13.1 Å². The Morgan fingerprint density at radius 2 is 2.05 bits per heavy atom. The predicted molar refractivity (Wildman–Crippen MR) is 71.8 cm³/mol. The van der Waals surface area contributed by atoms with Gasteiger partial charge >= 0.3 is 6.18 Å². The summed E-state index contributed by atoms with van der Waals surface area (Å²) in [7, 11) is 0. The van der Waals surface area contributed by atoms with Crippen LogP contribution in [0.5, 0.6) is 0 Å². The van der Waals surface area contributed by atoms with Crippen LogP contribution in [0.2, 0.25) is 0 Å². The van der Waals surface area contributed by atoms with Gasteiger partial charge < -0.3 is 10.6 Å². The molecular weight excluding hydrogens is 299 g/mol. The molecule has 1 unspecified atom stereocenters. The molecule has 1 aromatic heterocycles. The molecule has 1 aliphatic heterocycles. The largest absolute Gasteiger partial charge is 0.433 e. The Morgan fingerprint density at radius 3 is 2.59 bits per heavy atom. The summed E-state index contributed by atoms with van der Waals surface area (Å²) in [6.07, 6.45) is -3.30. The molecule has 1 aromatic rings. The highest BCUT2D eigenvalue weighted by Gasteiger charge is 2.34. The summed E-state index contributed by atoms with van der Waals surface area (Å²) in [6.45, 7) is 2.00. The number of aromatic nitrogens is 1. The number of nitrogens with zero attached hydrogens (tertiary/aromatic N) is 2. The Kier molecular flexibility index (Phi) is 4.39. The molecule has 8 heteroatoms. The standard InChI is InChI=1S/C14H16F3N3O2/c1-8-10(4-5-11(19-8)14(15,16)17)13(22)20-6-2-3-9(7-20)12(18)21/h4-5,9H,2-3,6-7H2,1H3,(H2,18,21). The maximum Gasteiger partial charge on any atom is 0.433 e. The van der Waals surface area contributed by atoms with Crippen LogP contribution in [0.1, 0.15) is 34.6 Å². The summed E-state index contributed by atoms with van der Waals surface area (Å²) in [5.41, 5.74) is 4.34. The number of piperidine rings is 1. The van der Waals surface area contributed by atoms with Crippen molar-refractivity contribution in [2.45, 2.75) is 25.9 Å². The first-order valence-electron chi connectivity index (χ1n) is 6.83. The van der Waals surface area contributed by atoms with Crippen LogP contribution in [-0.2, 0) is 11.0 Å². The molecule has 2 amide bonds. The van der Waals surface area contributed by atoms with Crippen molar-refractivity contribution in [1.29, 1.82) is 0 Å². The van der Waals surface area contributed by atoms with Gasteiger partial charge in [-0.15, -0.1) is 0 Å². The minimum absolute atomic E-state index is 0.0148. The van der Waals surface area contributed by atoms with E-state index in [0.717, 1.165) is 12.1 Å². The number of rotatable bonds is 2. The van der Waals surface area contributed by atoms with Gasteiger partial charge in [0.15, 0.2) is 0 Å². The molecule has 1 aliphatic rings. The number of likely N-dealkylation sites (tertiary alicyclic amines) is 1. The number of primary amides is 1. The number of carbonyl (C=O) groups is 2. The first-order valence-corrected chi connectivity index (χ1v) is 6.83. The van der Waals surface area contributed by atoms with E-state index in [1.807, 2.05) is 0 Å². The second kappa shape index (κ2) is 5.94. The Bertz CT molecular complexity index is 601. The quantitative estimate of drug-likeness (QED) is 0.903. The first kappa shape index (κ1) is 16.3. The van der Waals surface area contributed by atoms with Crippen LogP contribution in [0.3, 0.4) is 0 Å². The van der Waals surface area contributed by atoms with Crippen molar-refractivity contribution in [1.82, 2.24) is 9.88 Å². The lowest BCUT2D eigenvalue weighted by Gasteiger charge is -2.31. The molecule has 22 heavy (non-hydrogen) atoms. The van der Waals surface area contributed by atoms with Crippen LogP contribution in [0.4, 0.5) is 13.2 Å². The average Bonchev–Trinajstić information content (AvgIpc) is 2.45. The van der Waals surface area contributed by atoms with Gasteiger partial charge in [-0.3, -0.25) is 9.59 Å². The number of halogens is 3.